The van der Waals surface area contributed by atoms with Crippen LogP contribution < -0.4 is 0 Å². The van der Waals surface area contributed by atoms with Gasteiger partial charge in [0.05, 0.1) is 6.10 Å². The molecular formula is C23H38O3S. The third-order valence-electron chi connectivity index (χ3n) is 9.09. The highest BCUT2D eigenvalue weighted by molar-refractivity contribution is 7.99. The van der Waals surface area contributed by atoms with Gasteiger partial charge in [-0.15, -0.1) is 0 Å². The first-order valence-electron chi connectivity index (χ1n) is 11.5. The summed E-state index contributed by atoms with van der Waals surface area (Å²) >= 11 is 2.17. The maximum absolute atomic E-state index is 11.2. The summed E-state index contributed by atoms with van der Waals surface area (Å²) in [6, 6.07) is 0. The van der Waals surface area contributed by atoms with Gasteiger partial charge in [-0.05, 0) is 104 Å². The van der Waals surface area contributed by atoms with Crippen molar-refractivity contribution >= 4 is 17.7 Å². The highest BCUT2D eigenvalue weighted by atomic mass is 32.2. The van der Waals surface area contributed by atoms with Crippen LogP contribution in [0.15, 0.2) is 0 Å². The van der Waals surface area contributed by atoms with Crippen LogP contribution in [0, 0.1) is 40.9 Å². The number of thioether (sulfide) groups is 1. The number of fused-ring (bicyclic) bond motifs is 5. The number of carboxylic acid groups (broad SMARTS) is 1. The van der Waals surface area contributed by atoms with Gasteiger partial charge in [-0.1, -0.05) is 19.8 Å². The molecule has 4 heteroatoms. The molecule has 4 unspecified atom stereocenters. The number of carboxylic acids is 1. The predicted octanol–water partition coefficient (Wildman–Crippen LogP) is 5.21. The van der Waals surface area contributed by atoms with Gasteiger partial charge >= 0.3 is 5.97 Å². The summed E-state index contributed by atoms with van der Waals surface area (Å²) < 4.78 is 0. The van der Waals surface area contributed by atoms with E-state index >= 15 is 0 Å². The Morgan fingerprint density at radius 2 is 2.00 bits per heavy atom. The molecule has 2 N–H and O–H groups in total. The molecule has 3 saturated carbocycles. The van der Waals surface area contributed by atoms with E-state index in [1.807, 2.05) is 0 Å². The first kappa shape index (κ1) is 20.1. The molecule has 4 aliphatic rings. The molecule has 3 nitrogen and oxygen atoms in total. The van der Waals surface area contributed by atoms with Crippen molar-refractivity contribution < 1.29 is 15.0 Å². The van der Waals surface area contributed by atoms with E-state index in [2.05, 4.69) is 18.7 Å². The first-order valence-corrected chi connectivity index (χ1v) is 12.6. The average Bonchev–Trinajstić information content (AvgIpc) is 2.93. The Balaban J connectivity index is 1.48. The van der Waals surface area contributed by atoms with Gasteiger partial charge < -0.3 is 10.2 Å². The number of rotatable bonds is 4. The van der Waals surface area contributed by atoms with Crippen molar-refractivity contribution in [2.75, 3.05) is 11.5 Å². The minimum absolute atomic E-state index is 0.0944. The Morgan fingerprint density at radius 1 is 1.15 bits per heavy atom. The molecule has 0 bridgehead atoms. The highest BCUT2D eigenvalue weighted by Crippen LogP contribution is 2.64. The van der Waals surface area contributed by atoms with Gasteiger partial charge in [0.1, 0.15) is 0 Å². The van der Waals surface area contributed by atoms with Gasteiger partial charge in [-0.3, -0.25) is 4.79 Å². The second kappa shape index (κ2) is 8.26. The molecule has 0 spiro atoms. The Morgan fingerprint density at radius 3 is 2.81 bits per heavy atom. The van der Waals surface area contributed by atoms with Gasteiger partial charge in [0.2, 0.25) is 0 Å². The van der Waals surface area contributed by atoms with Gasteiger partial charge in [-0.25, -0.2) is 0 Å². The quantitative estimate of drug-likeness (QED) is 0.687. The van der Waals surface area contributed by atoms with E-state index in [1.54, 1.807) is 0 Å². The summed E-state index contributed by atoms with van der Waals surface area (Å²) in [6.07, 6.45) is 12.3. The molecule has 4 rings (SSSR count). The third-order valence-corrected chi connectivity index (χ3v) is 10.3. The van der Waals surface area contributed by atoms with E-state index in [-0.39, 0.29) is 6.10 Å². The minimum atomic E-state index is -0.658. The maximum Gasteiger partial charge on any atom is 0.303 e. The Bertz CT molecular complexity index is 538. The summed E-state index contributed by atoms with van der Waals surface area (Å²) in [6.45, 7) is 2.48. The van der Waals surface area contributed by atoms with E-state index < -0.39 is 5.97 Å². The van der Waals surface area contributed by atoms with Gasteiger partial charge in [0.15, 0.2) is 0 Å². The second-order valence-electron chi connectivity index (χ2n) is 10.3. The molecule has 8 atom stereocenters. The van der Waals surface area contributed by atoms with Crippen LogP contribution in [0.5, 0.6) is 0 Å². The van der Waals surface area contributed by atoms with Crippen LogP contribution in [0.4, 0.5) is 0 Å². The van der Waals surface area contributed by atoms with Crippen molar-refractivity contribution in [3.63, 3.8) is 0 Å². The van der Waals surface area contributed by atoms with E-state index in [0.29, 0.717) is 29.6 Å². The van der Waals surface area contributed by atoms with Gasteiger partial charge in [-0.2, -0.15) is 11.8 Å². The van der Waals surface area contributed by atoms with Crippen LogP contribution in [0.25, 0.3) is 0 Å². The monoisotopic (exact) mass is 394 g/mol. The van der Waals surface area contributed by atoms with Crippen molar-refractivity contribution in [3.05, 3.63) is 0 Å². The van der Waals surface area contributed by atoms with Crippen molar-refractivity contribution in [2.45, 2.75) is 83.7 Å². The van der Waals surface area contributed by atoms with Gasteiger partial charge in [0, 0.05) is 6.42 Å². The number of hydrogen-bond acceptors (Lipinski definition) is 3. The summed E-state index contributed by atoms with van der Waals surface area (Å²) in [5.74, 6) is 6.16. The highest BCUT2D eigenvalue weighted by Gasteiger charge is 2.58. The van der Waals surface area contributed by atoms with Crippen LogP contribution in [0.2, 0.25) is 0 Å². The molecule has 1 saturated heterocycles. The molecule has 0 radical (unpaired) electrons. The summed E-state index contributed by atoms with van der Waals surface area (Å²) in [5.41, 5.74) is 0.336. The third kappa shape index (κ3) is 3.82. The van der Waals surface area contributed by atoms with E-state index in [0.717, 1.165) is 37.0 Å². The normalized spacial score (nSPS) is 47.3. The van der Waals surface area contributed by atoms with Gasteiger partial charge in [0.25, 0.3) is 0 Å². The fraction of sp³-hybridized carbons (Fsp3) is 0.957. The Kier molecular flexibility index (Phi) is 6.14. The minimum Gasteiger partial charge on any atom is -0.481 e. The number of aliphatic carboxylic acids is 1. The molecule has 154 valence electrons. The molecule has 4 fully saturated rings. The predicted molar refractivity (Wildman–Crippen MR) is 111 cm³/mol. The maximum atomic E-state index is 11.2. The lowest BCUT2D eigenvalue weighted by Crippen LogP contribution is -2.53. The fourth-order valence-corrected chi connectivity index (χ4v) is 9.14. The van der Waals surface area contributed by atoms with Crippen molar-refractivity contribution in [1.29, 1.82) is 0 Å². The molecule has 1 aliphatic heterocycles. The summed E-state index contributed by atoms with van der Waals surface area (Å²) in [4.78, 5) is 10.9. The molecule has 27 heavy (non-hydrogen) atoms. The summed E-state index contributed by atoms with van der Waals surface area (Å²) in [7, 11) is 0. The first-order chi connectivity index (χ1) is 13.0. The van der Waals surface area contributed by atoms with E-state index in [9.17, 15) is 9.90 Å². The van der Waals surface area contributed by atoms with E-state index in [1.165, 1.54) is 56.5 Å². The number of carbonyl (C=O) groups is 1. The molecule has 0 aromatic carbocycles. The lowest BCUT2D eigenvalue weighted by atomic mass is 9.50. The zero-order valence-corrected chi connectivity index (χ0v) is 17.8. The lowest BCUT2D eigenvalue weighted by molar-refractivity contribution is -0.137. The number of aliphatic hydroxyl groups is 1. The van der Waals surface area contributed by atoms with Crippen LogP contribution in [-0.2, 0) is 4.79 Å². The molecule has 1 heterocycles. The van der Waals surface area contributed by atoms with Crippen LogP contribution in [0.1, 0.15) is 77.6 Å². The molecule has 0 aromatic heterocycles. The zero-order valence-electron chi connectivity index (χ0n) is 16.9. The lowest BCUT2D eigenvalue weighted by Gasteiger charge is -2.56. The van der Waals surface area contributed by atoms with Crippen molar-refractivity contribution in [2.24, 2.45) is 40.9 Å². The van der Waals surface area contributed by atoms with Crippen LogP contribution >= 0.6 is 11.8 Å². The largest absolute Gasteiger partial charge is 0.481 e. The van der Waals surface area contributed by atoms with Crippen molar-refractivity contribution in [1.82, 2.24) is 0 Å². The van der Waals surface area contributed by atoms with E-state index in [4.69, 9.17) is 5.11 Å². The Labute approximate surface area is 169 Å². The SMILES string of the molecule is C[C@]12CCC3C(C1CC[C@@H]2CCCC(=O)O)[C@@H](O)CC1CCCCSC[C@H]13. The topological polar surface area (TPSA) is 57.5 Å². The average molecular weight is 395 g/mol. The standard InChI is InChI=1S/C23H38O3S/c1-23-11-10-17-18-14-27-12-3-2-5-15(18)13-20(24)22(17)19(23)9-8-16(23)6-4-7-21(25)26/h15-20,22,24H,2-14H2,1H3,(H,25,26)/t15?,16-,17?,18+,19?,20-,22?,23+/m0/s1. The number of aliphatic hydroxyl groups excluding tert-OH is 1. The molecule has 0 amide bonds. The van der Waals surface area contributed by atoms with Crippen molar-refractivity contribution in [3.8, 4) is 0 Å². The number of hydrogen-bond donors (Lipinski definition) is 2. The molecule has 0 aromatic rings. The zero-order chi connectivity index (χ0) is 19.0. The fourth-order valence-electron chi connectivity index (χ4n) is 7.77. The molecule has 3 aliphatic carbocycles. The summed E-state index contributed by atoms with van der Waals surface area (Å²) in [5, 5.41) is 20.2. The van der Waals surface area contributed by atoms with Crippen LogP contribution in [-0.4, -0.2) is 33.8 Å². The van der Waals surface area contributed by atoms with Crippen LogP contribution in [0.3, 0.4) is 0 Å². The second-order valence-corrected chi connectivity index (χ2v) is 11.4. The smallest absolute Gasteiger partial charge is 0.303 e. The Hall–Kier alpha value is -0.220. The molecular weight excluding hydrogens is 356 g/mol.